The molecule has 0 fully saturated rings. The number of benzene rings is 2. The van der Waals surface area contributed by atoms with Crippen LogP contribution in [0.5, 0.6) is 0 Å². The van der Waals surface area contributed by atoms with Gasteiger partial charge in [-0.3, -0.25) is 9.55 Å². The van der Waals surface area contributed by atoms with Crippen LogP contribution in [-0.4, -0.2) is 14.5 Å². The smallest absolute Gasteiger partial charge is 0.306 e. The molecule has 0 aliphatic heterocycles. The van der Waals surface area contributed by atoms with Crippen molar-refractivity contribution in [1.29, 1.82) is 0 Å². The lowest BCUT2D eigenvalue weighted by Crippen LogP contribution is -2.11. The molecule has 0 aliphatic carbocycles. The molecule has 2 aromatic heterocycles. The summed E-state index contributed by atoms with van der Waals surface area (Å²) < 4.78 is 1.62. The Labute approximate surface area is 145 Å². The molecule has 1 N–H and O–H groups in total. The number of hydrogen-bond donors (Lipinski definition) is 1. The lowest BCUT2D eigenvalue weighted by atomic mass is 10.0. The van der Waals surface area contributed by atoms with E-state index < -0.39 is 0 Å². The number of aromatic nitrogens is 3. The molecule has 0 saturated carbocycles. The highest BCUT2D eigenvalue weighted by Gasteiger charge is 2.06. The van der Waals surface area contributed by atoms with E-state index in [9.17, 15) is 4.79 Å². The number of pyridine rings is 1. The predicted octanol–water partition coefficient (Wildman–Crippen LogP) is 3.71. The van der Waals surface area contributed by atoms with Crippen LogP contribution < -0.4 is 5.69 Å². The second-order valence-corrected chi connectivity index (χ2v) is 6.29. The fourth-order valence-corrected chi connectivity index (χ4v) is 3.13. The van der Waals surface area contributed by atoms with Gasteiger partial charge in [0, 0.05) is 25.0 Å². The molecule has 0 atom stereocenters. The van der Waals surface area contributed by atoms with Gasteiger partial charge in [0.1, 0.15) is 0 Å². The summed E-state index contributed by atoms with van der Waals surface area (Å²) in [5.74, 6) is 0. The van der Waals surface area contributed by atoms with Crippen LogP contribution in [0.15, 0.2) is 71.8 Å². The fourth-order valence-electron chi connectivity index (χ4n) is 3.13. The van der Waals surface area contributed by atoms with Crippen molar-refractivity contribution in [2.75, 3.05) is 0 Å². The van der Waals surface area contributed by atoms with E-state index in [1.807, 2.05) is 36.7 Å². The summed E-state index contributed by atoms with van der Waals surface area (Å²) in [6.07, 6.45) is 5.75. The summed E-state index contributed by atoms with van der Waals surface area (Å²) in [4.78, 5) is 19.0. The molecule has 0 bridgehead atoms. The number of nitrogens with zero attached hydrogens (tertiary/aromatic N) is 2. The monoisotopic (exact) mass is 329 g/mol. The maximum atomic E-state index is 11.8. The van der Waals surface area contributed by atoms with Crippen molar-refractivity contribution in [2.24, 2.45) is 7.05 Å². The zero-order chi connectivity index (χ0) is 17.2. The van der Waals surface area contributed by atoms with Gasteiger partial charge in [0.25, 0.3) is 0 Å². The highest BCUT2D eigenvalue weighted by atomic mass is 16.1. The number of hydrogen-bond acceptors (Lipinski definition) is 2. The standard InChI is InChI=1S/C21H19N3O/c1-24-20-10-9-17(12-19(20)23-21(24)25)18-11-16(13-22-14-18)8-7-15-5-3-2-4-6-15/h2-6,9-14H,7-8H2,1H3,(H,23,25). The first-order valence-electron chi connectivity index (χ1n) is 8.38. The largest absolute Gasteiger partial charge is 0.326 e. The Balaban J connectivity index is 1.61. The molecule has 0 radical (unpaired) electrons. The van der Waals surface area contributed by atoms with E-state index in [1.54, 1.807) is 11.6 Å². The second kappa shape index (κ2) is 6.40. The molecule has 0 unspecified atom stereocenters. The van der Waals surface area contributed by atoms with Crippen LogP contribution in [0.3, 0.4) is 0 Å². The summed E-state index contributed by atoms with van der Waals surface area (Å²) in [5.41, 5.74) is 6.32. The number of fused-ring (bicyclic) bond motifs is 1. The minimum atomic E-state index is -0.0955. The van der Waals surface area contributed by atoms with Gasteiger partial charge in [-0.15, -0.1) is 0 Å². The Kier molecular flexibility index (Phi) is 3.94. The van der Waals surface area contributed by atoms with Crippen molar-refractivity contribution < 1.29 is 0 Å². The molecule has 2 heterocycles. The molecule has 0 aliphatic rings. The zero-order valence-electron chi connectivity index (χ0n) is 14.1. The lowest BCUT2D eigenvalue weighted by Gasteiger charge is -2.06. The number of imidazole rings is 1. The second-order valence-electron chi connectivity index (χ2n) is 6.29. The van der Waals surface area contributed by atoms with Gasteiger partial charge in [0.15, 0.2) is 0 Å². The summed E-state index contributed by atoms with van der Waals surface area (Å²) >= 11 is 0. The minimum absolute atomic E-state index is 0.0955. The third kappa shape index (κ3) is 3.11. The maximum absolute atomic E-state index is 11.8. The number of aromatic amines is 1. The average molecular weight is 329 g/mol. The van der Waals surface area contributed by atoms with Crippen molar-refractivity contribution in [2.45, 2.75) is 12.8 Å². The summed E-state index contributed by atoms with van der Waals surface area (Å²) in [6, 6.07) is 18.7. The molecule has 4 rings (SSSR count). The van der Waals surface area contributed by atoms with Crippen molar-refractivity contribution in [1.82, 2.24) is 14.5 Å². The van der Waals surface area contributed by atoms with Crippen molar-refractivity contribution in [3.63, 3.8) is 0 Å². The van der Waals surface area contributed by atoms with Gasteiger partial charge in [-0.05, 0) is 47.7 Å². The quantitative estimate of drug-likeness (QED) is 0.620. The van der Waals surface area contributed by atoms with Crippen LogP contribution in [0, 0.1) is 0 Å². The Morgan fingerprint density at radius 3 is 2.56 bits per heavy atom. The van der Waals surface area contributed by atoms with E-state index in [1.165, 1.54) is 11.1 Å². The first-order valence-corrected chi connectivity index (χ1v) is 8.38. The number of H-pyrrole nitrogens is 1. The van der Waals surface area contributed by atoms with E-state index in [2.05, 4.69) is 40.3 Å². The molecule has 0 saturated heterocycles. The molecule has 2 aromatic carbocycles. The van der Waals surface area contributed by atoms with Gasteiger partial charge >= 0.3 is 5.69 Å². The Bertz CT molecular complexity index is 1080. The Morgan fingerprint density at radius 1 is 0.920 bits per heavy atom. The highest BCUT2D eigenvalue weighted by molar-refractivity contribution is 5.81. The molecule has 4 heteroatoms. The summed E-state index contributed by atoms with van der Waals surface area (Å²) in [5, 5.41) is 0. The van der Waals surface area contributed by atoms with Crippen LogP contribution in [0.4, 0.5) is 0 Å². The average Bonchev–Trinajstić information content (AvgIpc) is 2.95. The zero-order valence-corrected chi connectivity index (χ0v) is 14.1. The van der Waals surface area contributed by atoms with Gasteiger partial charge < -0.3 is 4.98 Å². The maximum Gasteiger partial charge on any atom is 0.326 e. The van der Waals surface area contributed by atoms with Gasteiger partial charge in [-0.25, -0.2) is 4.79 Å². The van der Waals surface area contributed by atoms with Crippen molar-refractivity contribution in [3.8, 4) is 11.1 Å². The van der Waals surface area contributed by atoms with Gasteiger partial charge in [0.05, 0.1) is 11.0 Å². The van der Waals surface area contributed by atoms with E-state index in [0.717, 1.165) is 35.0 Å². The normalized spacial score (nSPS) is 11.1. The predicted molar refractivity (Wildman–Crippen MR) is 101 cm³/mol. The van der Waals surface area contributed by atoms with Crippen molar-refractivity contribution in [3.05, 3.63) is 88.6 Å². The third-order valence-corrected chi connectivity index (χ3v) is 4.58. The lowest BCUT2D eigenvalue weighted by molar-refractivity contribution is 0.891. The summed E-state index contributed by atoms with van der Waals surface area (Å²) in [6.45, 7) is 0. The number of rotatable bonds is 4. The van der Waals surface area contributed by atoms with E-state index >= 15 is 0 Å². The Morgan fingerprint density at radius 2 is 1.72 bits per heavy atom. The number of nitrogens with one attached hydrogen (secondary N) is 1. The fraction of sp³-hybridized carbons (Fsp3) is 0.143. The molecule has 0 spiro atoms. The molecule has 4 nitrogen and oxygen atoms in total. The van der Waals surface area contributed by atoms with E-state index in [-0.39, 0.29) is 5.69 Å². The molecular formula is C21H19N3O. The topological polar surface area (TPSA) is 50.7 Å². The number of aryl methyl sites for hydroxylation is 3. The minimum Gasteiger partial charge on any atom is -0.306 e. The van der Waals surface area contributed by atoms with Crippen LogP contribution in [0.2, 0.25) is 0 Å². The Hall–Kier alpha value is -3.14. The van der Waals surface area contributed by atoms with Crippen molar-refractivity contribution >= 4 is 11.0 Å². The van der Waals surface area contributed by atoms with Crippen LogP contribution in [0.1, 0.15) is 11.1 Å². The molecule has 0 amide bonds. The van der Waals surface area contributed by atoms with Gasteiger partial charge in [-0.2, -0.15) is 0 Å². The molecule has 124 valence electrons. The molecular weight excluding hydrogens is 310 g/mol. The first-order chi connectivity index (χ1) is 12.2. The third-order valence-electron chi connectivity index (χ3n) is 4.58. The first kappa shape index (κ1) is 15.4. The molecule has 4 aromatic rings. The van der Waals surface area contributed by atoms with Gasteiger partial charge in [0.2, 0.25) is 0 Å². The SMILES string of the molecule is Cn1c(=O)[nH]c2cc(-c3cncc(CCc4ccccc4)c3)ccc21. The summed E-state index contributed by atoms with van der Waals surface area (Å²) in [7, 11) is 1.77. The highest BCUT2D eigenvalue weighted by Crippen LogP contribution is 2.23. The van der Waals surface area contributed by atoms with Gasteiger partial charge in [-0.1, -0.05) is 36.4 Å². The van der Waals surface area contributed by atoms with E-state index in [4.69, 9.17) is 0 Å². The van der Waals surface area contributed by atoms with Crippen LogP contribution in [0.25, 0.3) is 22.2 Å². The van der Waals surface area contributed by atoms with E-state index in [0.29, 0.717) is 0 Å². The molecule has 25 heavy (non-hydrogen) atoms. The van der Waals surface area contributed by atoms with Crippen LogP contribution in [-0.2, 0) is 19.9 Å². The van der Waals surface area contributed by atoms with Crippen LogP contribution >= 0.6 is 0 Å².